The third-order valence-electron chi connectivity index (χ3n) is 4.98. The van der Waals surface area contributed by atoms with E-state index in [9.17, 15) is 13.7 Å². The van der Waals surface area contributed by atoms with Crippen LogP contribution in [-0.2, 0) is 10.0 Å². The second-order valence-electron chi connectivity index (χ2n) is 6.74. The topological polar surface area (TPSA) is 73.6 Å². The van der Waals surface area contributed by atoms with Gasteiger partial charge in [-0.25, -0.2) is 8.42 Å². The van der Waals surface area contributed by atoms with E-state index in [0.717, 1.165) is 16.9 Å². The minimum absolute atomic E-state index is 0.354. The second-order valence-corrected chi connectivity index (χ2v) is 8.65. The van der Waals surface area contributed by atoms with Crippen molar-refractivity contribution < 1.29 is 13.2 Å². The summed E-state index contributed by atoms with van der Waals surface area (Å²) in [6.45, 7) is 6.08. The van der Waals surface area contributed by atoms with Gasteiger partial charge >= 0.3 is 0 Å². The highest BCUT2D eigenvalue weighted by Gasteiger charge is 2.32. The van der Waals surface area contributed by atoms with Crippen LogP contribution in [0.1, 0.15) is 24.1 Å². The molecular formula is C21H25N3O3S. The average Bonchev–Trinajstić information content (AvgIpc) is 2.71. The Hall–Kier alpha value is -2.40. The van der Waals surface area contributed by atoms with Gasteiger partial charge in [0.25, 0.3) is 0 Å². The summed E-state index contributed by atoms with van der Waals surface area (Å²) in [4.78, 5) is 2.38. The number of hydrogen-bond donors (Lipinski definition) is 0. The fraction of sp³-hybridized carbons (Fsp3) is 0.381. The highest BCUT2D eigenvalue weighted by atomic mass is 32.2. The fourth-order valence-corrected chi connectivity index (χ4v) is 5.11. The van der Waals surface area contributed by atoms with E-state index in [0.29, 0.717) is 37.7 Å². The van der Waals surface area contributed by atoms with E-state index in [1.165, 1.54) is 4.31 Å². The molecular weight excluding hydrogens is 374 g/mol. The molecule has 148 valence electrons. The molecule has 0 amide bonds. The number of piperazine rings is 1. The van der Waals surface area contributed by atoms with Crippen molar-refractivity contribution in [2.45, 2.75) is 24.8 Å². The molecule has 1 saturated heterocycles. The molecule has 0 bridgehead atoms. The van der Waals surface area contributed by atoms with Gasteiger partial charge in [0.15, 0.2) is 0 Å². The second kappa shape index (κ2) is 8.74. The van der Waals surface area contributed by atoms with Crippen molar-refractivity contribution in [2.75, 3.05) is 32.8 Å². The van der Waals surface area contributed by atoms with Crippen molar-refractivity contribution in [2.24, 2.45) is 0 Å². The zero-order chi connectivity index (χ0) is 20.1. The first kappa shape index (κ1) is 20.3. The normalized spacial score (nSPS) is 17.0. The molecule has 1 heterocycles. The van der Waals surface area contributed by atoms with Crippen LogP contribution in [0, 0.1) is 18.3 Å². The summed E-state index contributed by atoms with van der Waals surface area (Å²) in [7, 11) is -3.52. The van der Waals surface area contributed by atoms with Crippen LogP contribution in [0.4, 0.5) is 0 Å². The van der Waals surface area contributed by atoms with E-state index in [4.69, 9.17) is 4.74 Å². The minimum atomic E-state index is -3.52. The van der Waals surface area contributed by atoms with Crippen LogP contribution in [0.3, 0.4) is 0 Å². The van der Waals surface area contributed by atoms with Crippen LogP contribution < -0.4 is 4.74 Å². The summed E-state index contributed by atoms with van der Waals surface area (Å²) < 4.78 is 32.9. The summed E-state index contributed by atoms with van der Waals surface area (Å²) in [5.74, 6) is 0.775. The molecule has 3 rings (SSSR count). The predicted molar refractivity (Wildman–Crippen MR) is 107 cm³/mol. The zero-order valence-electron chi connectivity index (χ0n) is 16.2. The van der Waals surface area contributed by atoms with Crippen molar-refractivity contribution in [3.8, 4) is 11.8 Å². The monoisotopic (exact) mass is 399 g/mol. The molecule has 6 nitrogen and oxygen atoms in total. The zero-order valence-corrected chi connectivity index (χ0v) is 17.0. The highest BCUT2D eigenvalue weighted by Crippen LogP contribution is 2.26. The average molecular weight is 400 g/mol. The number of aryl methyl sites for hydroxylation is 1. The standard InChI is InChI=1S/C21H25N3O3S/c1-3-27-19-10-8-18(9-11-19)20(16-22)23-12-14-24(15-13-23)28(25,26)21-7-5-4-6-17(21)2/h4-11,20H,3,12-15H2,1-2H3. The van der Waals surface area contributed by atoms with Gasteiger partial charge in [0.1, 0.15) is 11.8 Å². The Morgan fingerprint density at radius 2 is 1.71 bits per heavy atom. The summed E-state index contributed by atoms with van der Waals surface area (Å²) in [6.07, 6.45) is 0. The summed E-state index contributed by atoms with van der Waals surface area (Å²) in [5, 5.41) is 9.69. The van der Waals surface area contributed by atoms with E-state index >= 15 is 0 Å². The Kier molecular flexibility index (Phi) is 6.35. The van der Waals surface area contributed by atoms with E-state index in [2.05, 4.69) is 6.07 Å². The van der Waals surface area contributed by atoms with Gasteiger partial charge in [0.2, 0.25) is 10.0 Å². The lowest BCUT2D eigenvalue weighted by Gasteiger charge is -2.36. The van der Waals surface area contributed by atoms with Crippen LogP contribution in [0.15, 0.2) is 53.4 Å². The van der Waals surface area contributed by atoms with Gasteiger partial charge in [-0.3, -0.25) is 4.90 Å². The summed E-state index contributed by atoms with van der Waals surface area (Å²) in [6, 6.07) is 16.5. The summed E-state index contributed by atoms with van der Waals surface area (Å²) in [5.41, 5.74) is 1.63. The molecule has 0 spiro atoms. The van der Waals surface area contributed by atoms with Crippen LogP contribution >= 0.6 is 0 Å². The Bertz CT molecular complexity index is 944. The molecule has 0 N–H and O–H groups in total. The summed E-state index contributed by atoms with van der Waals surface area (Å²) >= 11 is 0. The van der Waals surface area contributed by atoms with Crippen LogP contribution in [-0.4, -0.2) is 50.4 Å². The maximum atomic E-state index is 13.0. The van der Waals surface area contributed by atoms with Crippen molar-refractivity contribution in [1.82, 2.24) is 9.21 Å². The molecule has 7 heteroatoms. The lowest BCUT2D eigenvalue weighted by atomic mass is 10.1. The largest absolute Gasteiger partial charge is 0.494 e. The Labute approximate surface area is 167 Å². The number of ether oxygens (including phenoxy) is 1. The van der Waals surface area contributed by atoms with Gasteiger partial charge in [-0.15, -0.1) is 0 Å². The lowest BCUT2D eigenvalue weighted by molar-refractivity contribution is 0.162. The van der Waals surface area contributed by atoms with E-state index < -0.39 is 16.1 Å². The molecule has 0 aliphatic carbocycles. The fourth-order valence-electron chi connectivity index (χ4n) is 3.47. The maximum Gasteiger partial charge on any atom is 0.243 e. The Balaban J connectivity index is 1.70. The van der Waals surface area contributed by atoms with Gasteiger partial charge in [-0.1, -0.05) is 30.3 Å². The first-order valence-corrected chi connectivity index (χ1v) is 10.8. The number of hydrogen-bond acceptors (Lipinski definition) is 5. The molecule has 1 aliphatic heterocycles. The van der Waals surface area contributed by atoms with Gasteiger partial charge in [-0.2, -0.15) is 9.57 Å². The number of rotatable bonds is 6. The third-order valence-corrected chi connectivity index (χ3v) is 7.04. The van der Waals surface area contributed by atoms with Crippen LogP contribution in [0.25, 0.3) is 0 Å². The maximum absolute atomic E-state index is 13.0. The van der Waals surface area contributed by atoms with Crippen LogP contribution in [0.5, 0.6) is 5.75 Å². The minimum Gasteiger partial charge on any atom is -0.494 e. The third kappa shape index (κ3) is 4.20. The smallest absolute Gasteiger partial charge is 0.243 e. The number of benzene rings is 2. The Morgan fingerprint density at radius 3 is 2.29 bits per heavy atom. The molecule has 2 aromatic carbocycles. The Morgan fingerprint density at radius 1 is 1.07 bits per heavy atom. The van der Waals surface area contributed by atoms with Gasteiger partial charge in [0.05, 0.1) is 17.6 Å². The van der Waals surface area contributed by atoms with Crippen molar-refractivity contribution in [3.63, 3.8) is 0 Å². The SMILES string of the molecule is CCOc1ccc(C(C#N)N2CCN(S(=O)(=O)c3ccccc3C)CC2)cc1. The molecule has 1 atom stereocenters. The molecule has 0 aromatic heterocycles. The van der Waals surface area contributed by atoms with E-state index in [1.54, 1.807) is 25.1 Å². The molecule has 0 radical (unpaired) electrons. The number of nitriles is 1. The predicted octanol–water partition coefficient (Wildman–Crippen LogP) is 2.96. The molecule has 1 unspecified atom stereocenters. The van der Waals surface area contributed by atoms with Gasteiger partial charge in [-0.05, 0) is 43.2 Å². The molecule has 1 fully saturated rings. The van der Waals surface area contributed by atoms with Gasteiger partial charge < -0.3 is 4.74 Å². The first-order chi connectivity index (χ1) is 13.5. The number of sulfonamides is 1. The van der Waals surface area contributed by atoms with Crippen molar-refractivity contribution in [3.05, 3.63) is 59.7 Å². The molecule has 1 aliphatic rings. The number of nitrogens with zero attached hydrogens (tertiary/aromatic N) is 3. The van der Waals surface area contributed by atoms with E-state index in [-0.39, 0.29) is 0 Å². The van der Waals surface area contributed by atoms with E-state index in [1.807, 2.05) is 42.2 Å². The molecule has 2 aromatic rings. The quantitative estimate of drug-likeness (QED) is 0.747. The first-order valence-electron chi connectivity index (χ1n) is 9.39. The highest BCUT2D eigenvalue weighted by molar-refractivity contribution is 7.89. The van der Waals surface area contributed by atoms with Crippen molar-refractivity contribution in [1.29, 1.82) is 5.26 Å². The molecule has 28 heavy (non-hydrogen) atoms. The van der Waals surface area contributed by atoms with Crippen molar-refractivity contribution >= 4 is 10.0 Å². The van der Waals surface area contributed by atoms with Gasteiger partial charge in [0, 0.05) is 26.2 Å². The molecule has 0 saturated carbocycles. The lowest BCUT2D eigenvalue weighted by Crippen LogP contribution is -2.49. The van der Waals surface area contributed by atoms with Crippen LogP contribution in [0.2, 0.25) is 0 Å².